The van der Waals surface area contributed by atoms with Gasteiger partial charge in [0.15, 0.2) is 0 Å². The molecule has 3 heterocycles. The Bertz CT molecular complexity index is 1590. The van der Waals surface area contributed by atoms with Crippen LogP contribution in [0.4, 0.5) is 0 Å². The van der Waals surface area contributed by atoms with Crippen molar-refractivity contribution < 1.29 is 14.3 Å². The van der Waals surface area contributed by atoms with Crippen molar-refractivity contribution in [1.82, 2.24) is 20.0 Å². The van der Waals surface area contributed by atoms with Crippen LogP contribution in [0.3, 0.4) is 0 Å². The third-order valence-electron chi connectivity index (χ3n) is 6.53. The van der Waals surface area contributed by atoms with Crippen LogP contribution in [0, 0.1) is 0 Å². The van der Waals surface area contributed by atoms with E-state index in [1.54, 1.807) is 24.3 Å². The third kappa shape index (κ3) is 3.79. The number of benzene rings is 3. The predicted molar refractivity (Wildman–Crippen MR) is 137 cm³/mol. The summed E-state index contributed by atoms with van der Waals surface area (Å²) in [4.78, 5) is 30.3. The number of nitrogens with zero attached hydrogens (tertiary/aromatic N) is 3. The number of carbonyl (C=O) groups excluding carboxylic acids is 2. The van der Waals surface area contributed by atoms with Crippen LogP contribution < -0.4 is 10.2 Å². The average Bonchev–Trinajstić information content (AvgIpc) is 3.44. The lowest BCUT2D eigenvalue weighted by atomic mass is 10.1. The van der Waals surface area contributed by atoms with Crippen molar-refractivity contribution in [2.24, 2.45) is 0 Å². The zero-order valence-corrected chi connectivity index (χ0v) is 19.7. The summed E-state index contributed by atoms with van der Waals surface area (Å²) in [7, 11) is 0. The zero-order valence-electron chi connectivity index (χ0n) is 19.7. The van der Waals surface area contributed by atoms with Gasteiger partial charge in [0, 0.05) is 22.5 Å². The van der Waals surface area contributed by atoms with Crippen LogP contribution in [0.25, 0.3) is 21.8 Å². The van der Waals surface area contributed by atoms with Gasteiger partial charge in [0.1, 0.15) is 18.5 Å². The average molecular weight is 477 g/mol. The molecule has 2 amide bonds. The number of amides is 2. The Morgan fingerprint density at radius 1 is 0.861 bits per heavy atom. The number of ether oxygens (including phenoxy) is 1. The van der Waals surface area contributed by atoms with Gasteiger partial charge in [0.25, 0.3) is 11.8 Å². The lowest BCUT2D eigenvalue weighted by Gasteiger charge is -2.25. The SMILES string of the molecule is CCC(NN1C(=O)c2ccccc2C1=O)n1ccc2cc(OCc3ccc4ccccc4n3)ccc21. The quantitative estimate of drug-likeness (QED) is 0.315. The molecule has 1 aliphatic rings. The molecule has 178 valence electrons. The van der Waals surface area contributed by atoms with Gasteiger partial charge in [-0.05, 0) is 55.0 Å². The van der Waals surface area contributed by atoms with E-state index in [1.807, 2.05) is 72.3 Å². The molecule has 6 rings (SSSR count). The lowest BCUT2D eigenvalue weighted by molar-refractivity contribution is 0.0498. The number of hydrogen-bond acceptors (Lipinski definition) is 5. The highest BCUT2D eigenvalue weighted by atomic mass is 16.5. The first kappa shape index (κ1) is 22.0. The normalized spacial score (nSPS) is 14.0. The zero-order chi connectivity index (χ0) is 24.6. The van der Waals surface area contributed by atoms with Crippen LogP contribution >= 0.6 is 0 Å². The molecule has 1 aliphatic heterocycles. The molecular weight excluding hydrogens is 452 g/mol. The van der Waals surface area contributed by atoms with Gasteiger partial charge in [0.05, 0.1) is 22.3 Å². The number of carbonyl (C=O) groups is 2. The van der Waals surface area contributed by atoms with Gasteiger partial charge in [0.2, 0.25) is 0 Å². The number of hydrogen-bond donors (Lipinski definition) is 1. The van der Waals surface area contributed by atoms with Crippen molar-refractivity contribution >= 4 is 33.6 Å². The number of nitrogens with one attached hydrogen (secondary N) is 1. The molecule has 2 aromatic heterocycles. The van der Waals surface area contributed by atoms with Crippen LogP contribution in [0.15, 0.2) is 91.1 Å². The maximum absolute atomic E-state index is 12.8. The van der Waals surface area contributed by atoms with Crippen LogP contribution in [-0.4, -0.2) is 26.4 Å². The second kappa shape index (κ2) is 8.94. The van der Waals surface area contributed by atoms with Gasteiger partial charge in [-0.1, -0.05) is 43.3 Å². The van der Waals surface area contributed by atoms with E-state index in [0.717, 1.165) is 38.3 Å². The van der Waals surface area contributed by atoms with E-state index < -0.39 is 0 Å². The number of hydrazine groups is 1. The molecule has 5 aromatic rings. The molecule has 1 atom stereocenters. The molecule has 1 N–H and O–H groups in total. The van der Waals surface area contributed by atoms with Crippen LogP contribution in [0.1, 0.15) is 45.9 Å². The first-order chi connectivity index (χ1) is 17.6. The smallest absolute Gasteiger partial charge is 0.276 e. The Hall–Kier alpha value is -4.49. The molecule has 0 radical (unpaired) electrons. The summed E-state index contributed by atoms with van der Waals surface area (Å²) < 4.78 is 8.07. The summed E-state index contributed by atoms with van der Waals surface area (Å²) in [6.07, 6.45) is 2.35. The summed E-state index contributed by atoms with van der Waals surface area (Å²) in [6.45, 7) is 2.38. The second-order valence-electron chi connectivity index (χ2n) is 8.77. The van der Waals surface area contributed by atoms with Crippen LogP contribution in [-0.2, 0) is 6.61 Å². The summed E-state index contributed by atoms with van der Waals surface area (Å²) in [5.74, 6) is 0.0866. The Morgan fingerprint density at radius 2 is 1.61 bits per heavy atom. The highest BCUT2D eigenvalue weighted by Crippen LogP contribution is 2.28. The minimum Gasteiger partial charge on any atom is -0.487 e. The fraction of sp³-hybridized carbons (Fsp3) is 0.138. The van der Waals surface area contributed by atoms with Crippen molar-refractivity contribution in [3.63, 3.8) is 0 Å². The minimum atomic E-state index is -0.330. The maximum Gasteiger partial charge on any atom is 0.276 e. The van der Waals surface area contributed by atoms with Crippen molar-refractivity contribution in [1.29, 1.82) is 0 Å². The Labute approximate surface area is 207 Å². The largest absolute Gasteiger partial charge is 0.487 e. The van der Waals surface area contributed by atoms with E-state index in [1.165, 1.54) is 0 Å². The molecule has 0 bridgehead atoms. The van der Waals surface area contributed by atoms with Gasteiger partial charge in [-0.25, -0.2) is 15.4 Å². The lowest BCUT2D eigenvalue weighted by Crippen LogP contribution is -2.45. The van der Waals surface area contributed by atoms with Gasteiger partial charge in [-0.2, -0.15) is 0 Å². The van der Waals surface area contributed by atoms with E-state index in [-0.39, 0.29) is 18.0 Å². The van der Waals surface area contributed by atoms with E-state index in [4.69, 9.17) is 4.74 Å². The third-order valence-corrected chi connectivity index (χ3v) is 6.53. The molecule has 3 aromatic carbocycles. The molecule has 0 spiro atoms. The molecule has 0 fully saturated rings. The highest BCUT2D eigenvalue weighted by molar-refractivity contribution is 6.20. The first-order valence-corrected chi connectivity index (χ1v) is 11.9. The molecule has 1 unspecified atom stereocenters. The maximum atomic E-state index is 12.8. The minimum absolute atomic E-state index is 0.279. The number of pyridine rings is 1. The summed E-state index contributed by atoms with van der Waals surface area (Å²) in [5, 5.41) is 3.23. The second-order valence-corrected chi connectivity index (χ2v) is 8.77. The summed E-state index contributed by atoms with van der Waals surface area (Å²) in [5.41, 5.74) is 6.77. The molecule has 7 heteroatoms. The molecule has 0 aliphatic carbocycles. The Kier molecular flexibility index (Phi) is 5.47. The van der Waals surface area contributed by atoms with Crippen molar-refractivity contribution in [3.05, 3.63) is 108 Å². The van der Waals surface area contributed by atoms with Crippen molar-refractivity contribution in [2.75, 3.05) is 0 Å². The molecule has 7 nitrogen and oxygen atoms in total. The van der Waals surface area contributed by atoms with E-state index in [9.17, 15) is 9.59 Å². The van der Waals surface area contributed by atoms with E-state index >= 15 is 0 Å². The van der Waals surface area contributed by atoms with Crippen LogP contribution in [0.2, 0.25) is 0 Å². The first-order valence-electron chi connectivity index (χ1n) is 11.9. The number of fused-ring (bicyclic) bond motifs is 3. The number of rotatable bonds is 7. The summed E-state index contributed by atoms with van der Waals surface area (Å²) >= 11 is 0. The van der Waals surface area contributed by atoms with Crippen molar-refractivity contribution in [3.8, 4) is 5.75 Å². The fourth-order valence-electron chi connectivity index (χ4n) is 4.66. The van der Waals surface area contributed by atoms with Gasteiger partial charge in [-0.15, -0.1) is 0 Å². The topological polar surface area (TPSA) is 76.5 Å². The summed E-state index contributed by atoms with van der Waals surface area (Å²) in [6, 6.07) is 26.8. The Balaban J connectivity index is 1.19. The molecule has 0 saturated carbocycles. The van der Waals surface area contributed by atoms with E-state index in [0.29, 0.717) is 24.2 Å². The molecule has 36 heavy (non-hydrogen) atoms. The highest BCUT2D eigenvalue weighted by Gasteiger charge is 2.36. The van der Waals surface area contributed by atoms with Gasteiger partial charge in [-0.3, -0.25) is 9.59 Å². The Morgan fingerprint density at radius 3 is 2.39 bits per heavy atom. The van der Waals surface area contributed by atoms with Crippen LogP contribution in [0.5, 0.6) is 5.75 Å². The number of aromatic nitrogens is 2. The van der Waals surface area contributed by atoms with Crippen molar-refractivity contribution in [2.45, 2.75) is 26.1 Å². The fourth-order valence-corrected chi connectivity index (χ4v) is 4.66. The number of imide groups is 1. The molecule has 0 saturated heterocycles. The van der Waals surface area contributed by atoms with Gasteiger partial charge < -0.3 is 9.30 Å². The molecular formula is C29H24N4O3. The number of para-hydroxylation sites is 1. The standard InChI is InChI=1S/C29H24N4O3/c1-2-27(31-33-28(34)23-8-4-5-9-24(23)29(33)35)32-16-15-20-17-22(13-14-26(20)32)36-18-21-12-11-19-7-3-6-10-25(19)30-21/h3-17,27,31H,2,18H2,1H3. The monoisotopic (exact) mass is 476 g/mol. The predicted octanol–water partition coefficient (Wildman–Crippen LogP) is 5.48. The van der Waals surface area contributed by atoms with E-state index in [2.05, 4.69) is 16.5 Å². The van der Waals surface area contributed by atoms with Gasteiger partial charge >= 0.3 is 0 Å².